The van der Waals surface area contributed by atoms with Gasteiger partial charge in [-0.05, 0) is 42.2 Å². The maximum absolute atomic E-state index is 2.24. The first kappa shape index (κ1) is 12.4. The summed E-state index contributed by atoms with van der Waals surface area (Å²) >= 11 is 0. The molecule has 2 aromatic rings. The lowest BCUT2D eigenvalue weighted by atomic mass is 9.96. The smallest absolute Gasteiger partial charge is 0.0152 e. The molecule has 0 aliphatic rings. The summed E-state index contributed by atoms with van der Waals surface area (Å²) in [5.74, 6) is 0. The normalized spacial score (nSPS) is 12.6. The van der Waals surface area contributed by atoms with Crippen LogP contribution in [0.3, 0.4) is 0 Å². The van der Waals surface area contributed by atoms with E-state index in [1.54, 1.807) is 0 Å². The minimum atomic E-state index is 1.23. The van der Waals surface area contributed by atoms with Crippen LogP contribution >= 0.6 is 0 Å². The van der Waals surface area contributed by atoms with Crippen LogP contribution in [0, 0.1) is 0 Å². The average molecular weight is 234 g/mol. The second-order valence-electron chi connectivity index (χ2n) is 4.31. The highest BCUT2D eigenvalue weighted by Gasteiger charge is 2.02. The number of hydrogen-bond donors (Lipinski definition) is 0. The Morgan fingerprint density at radius 2 is 1.39 bits per heavy atom. The molecule has 0 saturated heterocycles. The topological polar surface area (TPSA) is 0 Å². The van der Waals surface area contributed by atoms with Crippen LogP contribution < -0.4 is 0 Å². The van der Waals surface area contributed by atoms with Crippen molar-refractivity contribution in [2.24, 2.45) is 0 Å². The molecule has 18 heavy (non-hydrogen) atoms. The van der Waals surface area contributed by atoms with E-state index in [0.717, 1.165) is 0 Å². The van der Waals surface area contributed by atoms with E-state index in [9.17, 15) is 0 Å². The Bertz CT molecular complexity index is 545. The lowest BCUT2D eigenvalue weighted by Gasteiger charge is -2.08. The second kappa shape index (κ2) is 6.02. The number of benzene rings is 2. The van der Waals surface area contributed by atoms with Crippen molar-refractivity contribution < 1.29 is 0 Å². The molecule has 0 spiro atoms. The molecule has 0 radical (unpaired) electrons. The van der Waals surface area contributed by atoms with Crippen LogP contribution in [0.1, 0.15) is 25.0 Å². The molecule has 0 heterocycles. The molecule has 0 unspecified atom stereocenters. The van der Waals surface area contributed by atoms with E-state index >= 15 is 0 Å². The van der Waals surface area contributed by atoms with Crippen molar-refractivity contribution >= 4 is 11.6 Å². The standard InChI is InChI=1S/C18H18/c1-3-15(2)18(17-12-8-5-9-13-17)14-16-10-6-4-7-11-16/h3-14H,1-2H3/b15-3-,18-14?. The van der Waals surface area contributed by atoms with Crippen molar-refractivity contribution in [3.8, 4) is 0 Å². The fraction of sp³-hybridized carbons (Fsp3) is 0.111. The molecule has 0 bridgehead atoms. The average Bonchev–Trinajstić information content (AvgIpc) is 2.46. The molecule has 0 fully saturated rings. The summed E-state index contributed by atoms with van der Waals surface area (Å²) in [6.07, 6.45) is 4.40. The van der Waals surface area contributed by atoms with E-state index in [4.69, 9.17) is 0 Å². The lowest BCUT2D eigenvalue weighted by Crippen LogP contribution is -1.86. The molecular weight excluding hydrogens is 216 g/mol. The molecule has 0 aliphatic carbocycles. The van der Waals surface area contributed by atoms with E-state index in [2.05, 4.69) is 80.6 Å². The molecule has 0 heteroatoms. The summed E-state index contributed by atoms with van der Waals surface area (Å²) in [6, 6.07) is 21.0. The van der Waals surface area contributed by atoms with E-state index in [1.807, 2.05) is 6.07 Å². The van der Waals surface area contributed by atoms with Crippen molar-refractivity contribution in [3.63, 3.8) is 0 Å². The zero-order valence-electron chi connectivity index (χ0n) is 10.9. The van der Waals surface area contributed by atoms with E-state index in [0.29, 0.717) is 0 Å². The van der Waals surface area contributed by atoms with Crippen LogP contribution in [0.2, 0.25) is 0 Å². The van der Waals surface area contributed by atoms with Crippen molar-refractivity contribution in [3.05, 3.63) is 83.4 Å². The Labute approximate surface area is 109 Å². The minimum absolute atomic E-state index is 1.23. The van der Waals surface area contributed by atoms with Gasteiger partial charge in [0.1, 0.15) is 0 Å². The van der Waals surface area contributed by atoms with Crippen LogP contribution in [-0.2, 0) is 0 Å². The highest BCUT2D eigenvalue weighted by molar-refractivity contribution is 5.90. The van der Waals surface area contributed by atoms with Gasteiger partial charge in [0.25, 0.3) is 0 Å². The first-order chi connectivity index (χ1) is 8.81. The molecule has 0 atom stereocenters. The van der Waals surface area contributed by atoms with Gasteiger partial charge in [-0.25, -0.2) is 0 Å². The molecule has 0 saturated carbocycles. The number of rotatable bonds is 3. The maximum Gasteiger partial charge on any atom is -0.0152 e. The van der Waals surface area contributed by atoms with Crippen molar-refractivity contribution in [2.45, 2.75) is 13.8 Å². The molecular formula is C18H18. The molecule has 2 aromatic carbocycles. The van der Waals surface area contributed by atoms with Crippen LogP contribution in [0.25, 0.3) is 11.6 Å². The van der Waals surface area contributed by atoms with Gasteiger partial charge >= 0.3 is 0 Å². The Kier molecular flexibility index (Phi) is 4.14. The Morgan fingerprint density at radius 1 is 0.833 bits per heavy atom. The molecule has 0 N–H and O–H groups in total. The third kappa shape index (κ3) is 2.98. The van der Waals surface area contributed by atoms with E-state index in [1.165, 1.54) is 22.3 Å². The quantitative estimate of drug-likeness (QED) is 0.506. The monoisotopic (exact) mass is 234 g/mol. The number of allylic oxidation sites excluding steroid dienone is 3. The largest absolute Gasteiger partial charge is 0.0841 e. The highest BCUT2D eigenvalue weighted by Crippen LogP contribution is 2.25. The van der Waals surface area contributed by atoms with Crippen molar-refractivity contribution in [2.75, 3.05) is 0 Å². The predicted octanol–water partition coefficient (Wildman–Crippen LogP) is 5.19. The first-order valence-electron chi connectivity index (χ1n) is 6.26. The Balaban J connectivity index is 2.48. The fourth-order valence-corrected chi connectivity index (χ4v) is 1.91. The first-order valence-corrected chi connectivity index (χ1v) is 6.26. The Hall–Kier alpha value is -2.08. The maximum atomic E-state index is 2.24. The zero-order chi connectivity index (χ0) is 12.8. The minimum Gasteiger partial charge on any atom is -0.0841 e. The summed E-state index contributed by atoms with van der Waals surface area (Å²) in [4.78, 5) is 0. The van der Waals surface area contributed by atoms with Gasteiger partial charge in [0.2, 0.25) is 0 Å². The summed E-state index contributed by atoms with van der Waals surface area (Å²) in [7, 11) is 0. The Morgan fingerprint density at radius 3 is 1.94 bits per heavy atom. The van der Waals surface area contributed by atoms with Crippen LogP contribution in [0.4, 0.5) is 0 Å². The summed E-state index contributed by atoms with van der Waals surface area (Å²) in [5.41, 5.74) is 5.07. The highest BCUT2D eigenvalue weighted by atomic mass is 14.1. The van der Waals surface area contributed by atoms with Gasteiger partial charge < -0.3 is 0 Å². The molecule has 2 rings (SSSR count). The lowest BCUT2D eigenvalue weighted by molar-refractivity contribution is 1.47. The molecule has 90 valence electrons. The van der Waals surface area contributed by atoms with Gasteiger partial charge in [-0.2, -0.15) is 0 Å². The van der Waals surface area contributed by atoms with Crippen LogP contribution in [0.5, 0.6) is 0 Å². The third-order valence-electron chi connectivity index (χ3n) is 3.05. The van der Waals surface area contributed by atoms with Gasteiger partial charge in [0.15, 0.2) is 0 Å². The van der Waals surface area contributed by atoms with Gasteiger partial charge in [-0.3, -0.25) is 0 Å². The summed E-state index contributed by atoms with van der Waals surface area (Å²) in [5, 5.41) is 0. The molecule has 0 aromatic heterocycles. The summed E-state index contributed by atoms with van der Waals surface area (Å²) < 4.78 is 0. The number of hydrogen-bond acceptors (Lipinski definition) is 0. The van der Waals surface area contributed by atoms with E-state index in [-0.39, 0.29) is 0 Å². The van der Waals surface area contributed by atoms with Gasteiger partial charge in [0, 0.05) is 0 Å². The summed E-state index contributed by atoms with van der Waals surface area (Å²) in [6.45, 7) is 4.23. The zero-order valence-corrected chi connectivity index (χ0v) is 10.9. The van der Waals surface area contributed by atoms with Crippen LogP contribution in [-0.4, -0.2) is 0 Å². The van der Waals surface area contributed by atoms with Crippen molar-refractivity contribution in [1.82, 2.24) is 0 Å². The van der Waals surface area contributed by atoms with Gasteiger partial charge in [-0.15, -0.1) is 0 Å². The van der Waals surface area contributed by atoms with E-state index < -0.39 is 0 Å². The molecule has 0 amide bonds. The van der Waals surface area contributed by atoms with Crippen molar-refractivity contribution in [1.29, 1.82) is 0 Å². The molecule has 0 nitrogen and oxygen atoms in total. The third-order valence-corrected chi connectivity index (χ3v) is 3.05. The van der Waals surface area contributed by atoms with Gasteiger partial charge in [-0.1, -0.05) is 66.7 Å². The van der Waals surface area contributed by atoms with Crippen LogP contribution in [0.15, 0.2) is 72.3 Å². The predicted molar refractivity (Wildman–Crippen MR) is 80.2 cm³/mol. The fourth-order valence-electron chi connectivity index (χ4n) is 1.91. The second-order valence-corrected chi connectivity index (χ2v) is 4.31. The SMILES string of the molecule is C/C=C(/C)C(=Cc1ccccc1)c1ccccc1. The van der Waals surface area contributed by atoms with Gasteiger partial charge in [0.05, 0.1) is 0 Å². The molecule has 0 aliphatic heterocycles.